The standard InChI is InChI=1S/C27H29F3N4O4/c1-26(2,3)21-16-22(27(28,29)30)32-25(31-21)33-24(36)23(35)19-8-9-20(18-7-5-4-6-17(18)19)38-15-12-34-10-13-37-14-11-34/h4-9,16H,10-15H2,1-3H3,(H,31,32,33,36). The number of hydrogen-bond acceptors (Lipinski definition) is 7. The van der Waals surface area contributed by atoms with E-state index in [0.717, 1.165) is 19.2 Å². The van der Waals surface area contributed by atoms with Crippen LogP contribution in [0.3, 0.4) is 0 Å². The summed E-state index contributed by atoms with van der Waals surface area (Å²) in [5.74, 6) is -2.10. The van der Waals surface area contributed by atoms with Crippen LogP contribution in [0, 0.1) is 0 Å². The smallest absolute Gasteiger partial charge is 0.433 e. The van der Waals surface area contributed by atoms with Gasteiger partial charge in [-0.15, -0.1) is 0 Å². The van der Waals surface area contributed by atoms with Crippen molar-refractivity contribution in [3.05, 3.63) is 59.4 Å². The van der Waals surface area contributed by atoms with Crippen molar-refractivity contribution < 1.29 is 32.2 Å². The van der Waals surface area contributed by atoms with Gasteiger partial charge in [0.15, 0.2) is 0 Å². The van der Waals surface area contributed by atoms with Gasteiger partial charge in [0, 0.05) is 36.0 Å². The molecule has 1 fully saturated rings. The number of aromatic nitrogens is 2. The number of nitrogens with one attached hydrogen (secondary N) is 1. The first-order chi connectivity index (χ1) is 17.9. The first kappa shape index (κ1) is 27.5. The van der Waals surface area contributed by atoms with Crippen molar-refractivity contribution in [1.29, 1.82) is 0 Å². The van der Waals surface area contributed by atoms with E-state index in [2.05, 4.69) is 20.2 Å². The fourth-order valence-electron chi connectivity index (χ4n) is 4.02. The Morgan fingerprint density at radius 2 is 1.66 bits per heavy atom. The summed E-state index contributed by atoms with van der Waals surface area (Å²) in [5.41, 5.74) is -1.79. The zero-order chi connectivity index (χ0) is 27.5. The van der Waals surface area contributed by atoms with Gasteiger partial charge in [-0.1, -0.05) is 45.0 Å². The number of ether oxygens (including phenoxy) is 2. The molecule has 0 spiro atoms. The monoisotopic (exact) mass is 530 g/mol. The van der Waals surface area contributed by atoms with E-state index in [0.29, 0.717) is 42.9 Å². The van der Waals surface area contributed by atoms with Crippen LogP contribution in [0.25, 0.3) is 10.8 Å². The van der Waals surface area contributed by atoms with Crippen LogP contribution in [0.5, 0.6) is 5.75 Å². The van der Waals surface area contributed by atoms with E-state index in [1.165, 1.54) is 6.07 Å². The normalized spacial score (nSPS) is 14.9. The Morgan fingerprint density at radius 3 is 2.32 bits per heavy atom. The SMILES string of the molecule is CC(C)(C)c1cc(C(F)(F)F)nc(NC(=O)C(=O)c2ccc(OCCN3CCOCC3)c3ccccc23)n1. The molecular formula is C27H29F3N4O4. The quantitative estimate of drug-likeness (QED) is 0.356. The number of halogens is 3. The average molecular weight is 531 g/mol. The number of alkyl halides is 3. The summed E-state index contributed by atoms with van der Waals surface area (Å²) in [5, 5.41) is 3.28. The molecule has 2 aromatic carbocycles. The summed E-state index contributed by atoms with van der Waals surface area (Å²) in [6.07, 6.45) is -4.75. The molecule has 0 unspecified atom stereocenters. The fourth-order valence-corrected chi connectivity index (χ4v) is 4.02. The van der Waals surface area contributed by atoms with E-state index in [4.69, 9.17) is 9.47 Å². The van der Waals surface area contributed by atoms with Crippen LogP contribution in [0.1, 0.15) is 42.5 Å². The number of amides is 1. The second-order valence-electron chi connectivity index (χ2n) is 9.95. The number of ketones is 1. The molecule has 4 rings (SSSR count). The third kappa shape index (κ3) is 6.46. The summed E-state index contributed by atoms with van der Waals surface area (Å²) in [4.78, 5) is 35.7. The van der Waals surface area contributed by atoms with E-state index in [-0.39, 0.29) is 11.3 Å². The summed E-state index contributed by atoms with van der Waals surface area (Å²) in [7, 11) is 0. The largest absolute Gasteiger partial charge is 0.492 e. The highest BCUT2D eigenvalue weighted by Gasteiger charge is 2.35. The minimum absolute atomic E-state index is 0.0756. The lowest BCUT2D eigenvalue weighted by molar-refractivity contribution is -0.141. The van der Waals surface area contributed by atoms with E-state index in [1.807, 2.05) is 0 Å². The fraction of sp³-hybridized carbons (Fsp3) is 0.407. The van der Waals surface area contributed by atoms with Crippen molar-refractivity contribution in [1.82, 2.24) is 14.9 Å². The van der Waals surface area contributed by atoms with E-state index < -0.39 is 34.9 Å². The predicted molar refractivity (Wildman–Crippen MR) is 135 cm³/mol. The van der Waals surface area contributed by atoms with Crippen LogP contribution < -0.4 is 10.1 Å². The Labute approximate surface area is 218 Å². The molecule has 0 saturated carbocycles. The van der Waals surface area contributed by atoms with Gasteiger partial charge in [-0.25, -0.2) is 9.97 Å². The van der Waals surface area contributed by atoms with E-state index >= 15 is 0 Å². The number of carbonyl (C=O) groups excluding carboxylic acids is 2. The zero-order valence-electron chi connectivity index (χ0n) is 21.4. The molecule has 0 aliphatic carbocycles. The van der Waals surface area contributed by atoms with Gasteiger partial charge in [0.05, 0.1) is 18.9 Å². The molecule has 11 heteroatoms. The van der Waals surface area contributed by atoms with E-state index in [9.17, 15) is 22.8 Å². The maximum atomic E-state index is 13.4. The molecule has 1 aliphatic heterocycles. The first-order valence-corrected chi connectivity index (χ1v) is 12.2. The third-order valence-electron chi connectivity index (χ3n) is 6.11. The molecule has 1 N–H and O–H groups in total. The topological polar surface area (TPSA) is 93.7 Å². The Morgan fingerprint density at radius 1 is 1.00 bits per heavy atom. The van der Waals surface area contributed by atoms with Crippen molar-refractivity contribution in [2.75, 3.05) is 44.8 Å². The molecule has 0 radical (unpaired) electrons. The summed E-state index contributed by atoms with van der Waals surface area (Å²) in [6, 6.07) is 10.9. The lowest BCUT2D eigenvalue weighted by Crippen LogP contribution is -2.38. The Bertz CT molecular complexity index is 1300. The van der Waals surface area contributed by atoms with Gasteiger partial charge in [0.1, 0.15) is 18.1 Å². The average Bonchev–Trinajstić information content (AvgIpc) is 2.88. The maximum absolute atomic E-state index is 13.4. The van der Waals surface area contributed by atoms with Gasteiger partial charge in [0.25, 0.3) is 11.7 Å². The second kappa shape index (κ2) is 11.0. The number of benzene rings is 2. The molecule has 0 bridgehead atoms. The molecule has 0 atom stereocenters. The summed E-state index contributed by atoms with van der Waals surface area (Å²) in [6.45, 7) is 9.23. The van der Waals surface area contributed by atoms with Crippen molar-refractivity contribution in [3.63, 3.8) is 0 Å². The van der Waals surface area contributed by atoms with E-state index in [1.54, 1.807) is 51.1 Å². The van der Waals surface area contributed by atoms with Crippen molar-refractivity contribution >= 4 is 28.4 Å². The highest BCUT2D eigenvalue weighted by Crippen LogP contribution is 2.32. The molecule has 8 nitrogen and oxygen atoms in total. The zero-order valence-corrected chi connectivity index (χ0v) is 21.4. The molecule has 38 heavy (non-hydrogen) atoms. The van der Waals surface area contributed by atoms with Crippen LogP contribution in [-0.2, 0) is 21.1 Å². The van der Waals surface area contributed by atoms with Crippen LogP contribution >= 0.6 is 0 Å². The lowest BCUT2D eigenvalue weighted by atomic mass is 9.91. The van der Waals surface area contributed by atoms with Gasteiger partial charge in [-0.05, 0) is 23.6 Å². The van der Waals surface area contributed by atoms with Crippen molar-refractivity contribution in [2.45, 2.75) is 32.4 Å². The molecule has 2 heterocycles. The van der Waals surface area contributed by atoms with Gasteiger partial charge in [0.2, 0.25) is 5.95 Å². The molecule has 1 saturated heterocycles. The minimum atomic E-state index is -4.75. The van der Waals surface area contributed by atoms with Gasteiger partial charge in [-0.3, -0.25) is 19.8 Å². The van der Waals surface area contributed by atoms with Crippen LogP contribution in [-0.4, -0.2) is 66.0 Å². The van der Waals surface area contributed by atoms with Crippen molar-refractivity contribution in [3.8, 4) is 5.75 Å². The van der Waals surface area contributed by atoms with Crippen LogP contribution in [0.2, 0.25) is 0 Å². The number of hydrogen-bond donors (Lipinski definition) is 1. The first-order valence-electron chi connectivity index (χ1n) is 12.2. The molecule has 1 aliphatic rings. The third-order valence-corrected chi connectivity index (χ3v) is 6.11. The number of anilines is 1. The van der Waals surface area contributed by atoms with Gasteiger partial charge < -0.3 is 9.47 Å². The van der Waals surface area contributed by atoms with Crippen LogP contribution in [0.4, 0.5) is 19.1 Å². The summed E-state index contributed by atoms with van der Waals surface area (Å²) < 4.78 is 51.6. The Hall–Kier alpha value is -3.57. The summed E-state index contributed by atoms with van der Waals surface area (Å²) >= 11 is 0. The number of carbonyl (C=O) groups is 2. The predicted octanol–water partition coefficient (Wildman–Crippen LogP) is 4.48. The van der Waals surface area contributed by atoms with Crippen molar-refractivity contribution in [2.24, 2.45) is 0 Å². The molecule has 1 amide bonds. The van der Waals surface area contributed by atoms with Gasteiger partial charge in [-0.2, -0.15) is 13.2 Å². The highest BCUT2D eigenvalue weighted by atomic mass is 19.4. The Kier molecular flexibility index (Phi) is 7.98. The molecule has 202 valence electrons. The molecule has 3 aromatic rings. The maximum Gasteiger partial charge on any atom is 0.433 e. The number of nitrogens with zero attached hydrogens (tertiary/aromatic N) is 3. The number of morpholine rings is 1. The second-order valence-corrected chi connectivity index (χ2v) is 9.95. The molecular weight excluding hydrogens is 501 g/mol. The van der Waals surface area contributed by atoms with Crippen LogP contribution in [0.15, 0.2) is 42.5 Å². The number of Topliss-reactive ketones (excluding diaryl/α,β-unsaturated/α-hetero) is 1. The number of rotatable bonds is 7. The molecule has 1 aromatic heterocycles. The minimum Gasteiger partial charge on any atom is -0.492 e. The lowest BCUT2D eigenvalue weighted by Gasteiger charge is -2.26. The highest BCUT2D eigenvalue weighted by molar-refractivity contribution is 6.48. The Balaban J connectivity index is 1.55. The number of fused-ring (bicyclic) bond motifs is 1. The van der Waals surface area contributed by atoms with Gasteiger partial charge >= 0.3 is 6.18 Å².